The topological polar surface area (TPSA) is 243 Å². The van der Waals surface area contributed by atoms with Crippen LogP contribution in [0.3, 0.4) is 0 Å². The molecule has 0 aliphatic carbocycles. The summed E-state index contributed by atoms with van der Waals surface area (Å²) in [6.07, 6.45) is -5.05. The monoisotopic (exact) mass is 692 g/mol. The molecule has 3 saturated heterocycles. The molecule has 0 radical (unpaired) electrons. The first kappa shape index (κ1) is 30.2. The van der Waals surface area contributed by atoms with E-state index in [0.717, 1.165) is 0 Å². The minimum absolute atomic E-state index is 0.0364. The van der Waals surface area contributed by atoms with Crippen molar-refractivity contribution in [3.8, 4) is 0 Å². The second kappa shape index (κ2) is 11.1. The molecular formula is C20H23FN10O9P2S2. The van der Waals surface area contributed by atoms with Crippen LogP contribution in [0.25, 0.3) is 5.65 Å². The van der Waals surface area contributed by atoms with E-state index in [2.05, 4.69) is 42.6 Å². The van der Waals surface area contributed by atoms with Crippen LogP contribution < -0.4 is 11.1 Å². The molecule has 236 valence electrons. The van der Waals surface area contributed by atoms with E-state index in [-0.39, 0.29) is 18.2 Å². The van der Waals surface area contributed by atoms with Gasteiger partial charge in [-0.2, -0.15) is 14.6 Å². The quantitative estimate of drug-likeness (QED) is 0.203. The van der Waals surface area contributed by atoms with Crippen LogP contribution in [-0.4, -0.2) is 109 Å². The third kappa shape index (κ3) is 5.47. The highest BCUT2D eigenvalue weighted by Crippen LogP contribution is 2.58. The zero-order chi connectivity index (χ0) is 31.0. The number of nitrogens with two attached hydrogens (primary N) is 1. The molecule has 3 unspecified atom stereocenters. The van der Waals surface area contributed by atoms with Crippen molar-refractivity contribution in [2.75, 3.05) is 18.9 Å². The highest BCUT2D eigenvalue weighted by molar-refractivity contribution is 8.44. The molecule has 44 heavy (non-hydrogen) atoms. The smallest absolute Gasteiger partial charge is 0.368 e. The lowest BCUT2D eigenvalue weighted by Crippen LogP contribution is -2.53. The molecule has 5 aliphatic rings. The number of ether oxygens (including phenoxy) is 2. The number of amidine groups is 1. The largest absolute Gasteiger partial charge is 0.386 e. The van der Waals surface area contributed by atoms with Crippen molar-refractivity contribution in [3.05, 3.63) is 18.1 Å². The van der Waals surface area contributed by atoms with E-state index in [1.807, 2.05) is 0 Å². The molecule has 7 rings (SSSR count). The summed E-state index contributed by atoms with van der Waals surface area (Å²) in [5.41, 5.74) is 6.77. The summed E-state index contributed by atoms with van der Waals surface area (Å²) in [5.74, 6) is -1.02. The Morgan fingerprint density at radius 2 is 2.00 bits per heavy atom. The number of hydrogen-bond acceptors (Lipinski definition) is 16. The highest BCUT2D eigenvalue weighted by Gasteiger charge is 2.55. The number of carbonyl (C=O) groups excluding carboxylic acids is 1. The van der Waals surface area contributed by atoms with Gasteiger partial charge in [0.2, 0.25) is 11.9 Å². The molecule has 7 heterocycles. The lowest BCUT2D eigenvalue weighted by atomic mass is 10.1. The lowest BCUT2D eigenvalue weighted by molar-refractivity contribution is -0.119. The Morgan fingerprint density at radius 3 is 2.82 bits per heavy atom. The number of thiol groups is 1. The zero-order valence-corrected chi connectivity index (χ0v) is 25.5. The van der Waals surface area contributed by atoms with E-state index >= 15 is 4.39 Å². The number of alkyl halides is 1. The molecule has 5 aliphatic heterocycles. The number of guanidine groups is 1. The third-order valence-electron chi connectivity index (χ3n) is 7.34. The van der Waals surface area contributed by atoms with Crippen molar-refractivity contribution >= 4 is 73.2 Å². The molecule has 0 saturated carbocycles. The van der Waals surface area contributed by atoms with Crippen molar-refractivity contribution in [2.45, 2.75) is 55.4 Å². The van der Waals surface area contributed by atoms with Crippen LogP contribution in [0.15, 0.2) is 22.5 Å². The summed E-state index contributed by atoms with van der Waals surface area (Å²) < 4.78 is 65.0. The number of rotatable bonds is 2. The Labute approximate surface area is 256 Å². The fraction of sp³-hybridized carbons (Fsp3) is 0.550. The summed E-state index contributed by atoms with van der Waals surface area (Å²) in [4.78, 5) is 40.6. The van der Waals surface area contributed by atoms with Gasteiger partial charge in [0.1, 0.15) is 24.6 Å². The SMILES string of the molecule is N=C1N=C2C(N=CN2[C@@H]2O[C@@H]3COP(O)(=S)O[C@H]4C[C@H](c5cnn6c(N)ncnc56)O[C@@H]4COP(=O)(S)O[C@@H]2[C@@H]3F)C(=O)N1. The van der Waals surface area contributed by atoms with E-state index < -0.39 is 87.6 Å². The summed E-state index contributed by atoms with van der Waals surface area (Å²) in [7, 11) is 0. The first-order chi connectivity index (χ1) is 20.9. The lowest BCUT2D eigenvalue weighted by Gasteiger charge is -2.31. The summed E-state index contributed by atoms with van der Waals surface area (Å²) >= 11 is 9.29. The van der Waals surface area contributed by atoms with E-state index in [0.29, 0.717) is 11.2 Å². The summed E-state index contributed by atoms with van der Waals surface area (Å²) in [6, 6.07) is -1.12. The number of nitrogens with one attached hydrogen (secondary N) is 2. The number of amides is 1. The summed E-state index contributed by atoms with van der Waals surface area (Å²) in [6.45, 7) is -9.43. The second-order valence-corrected chi connectivity index (χ2v) is 15.8. The van der Waals surface area contributed by atoms with Gasteiger partial charge in [-0.3, -0.25) is 34.5 Å². The van der Waals surface area contributed by atoms with Crippen LogP contribution in [0.4, 0.5) is 10.3 Å². The van der Waals surface area contributed by atoms with Crippen LogP contribution in [0.2, 0.25) is 0 Å². The van der Waals surface area contributed by atoms with Gasteiger partial charge in [0.05, 0.1) is 38.0 Å². The van der Waals surface area contributed by atoms with Crippen molar-refractivity contribution < 1.29 is 46.2 Å². The molecule has 3 fully saturated rings. The Kier molecular flexibility index (Phi) is 7.61. The molecule has 10 atom stereocenters. The fourth-order valence-corrected chi connectivity index (χ4v) is 8.30. The maximum atomic E-state index is 15.8. The van der Waals surface area contributed by atoms with Gasteiger partial charge in [-0.15, -0.1) is 0 Å². The maximum absolute atomic E-state index is 15.8. The normalized spacial score (nSPS) is 41.0. The molecule has 24 heteroatoms. The molecule has 5 N–H and O–H groups in total. The van der Waals surface area contributed by atoms with Gasteiger partial charge in [0, 0.05) is 12.0 Å². The van der Waals surface area contributed by atoms with Gasteiger partial charge >= 0.3 is 13.5 Å². The number of nitrogen functional groups attached to an aromatic ring is 1. The molecule has 2 aromatic rings. The van der Waals surface area contributed by atoms with Gasteiger partial charge in [0.15, 0.2) is 29.9 Å². The average Bonchev–Trinajstić information content (AvgIpc) is 3.72. The number of nitrogens with zero attached hydrogens (tertiary/aromatic N) is 7. The Bertz CT molecular complexity index is 1700. The molecule has 0 aromatic carbocycles. The van der Waals surface area contributed by atoms with E-state index in [1.54, 1.807) is 0 Å². The van der Waals surface area contributed by atoms with Crippen LogP contribution in [-0.2, 0) is 48.7 Å². The number of halogens is 1. The predicted octanol–water partition coefficient (Wildman–Crippen LogP) is -0.153. The van der Waals surface area contributed by atoms with E-state index in [9.17, 15) is 14.3 Å². The van der Waals surface area contributed by atoms with Gasteiger partial charge in [-0.05, 0) is 11.8 Å². The molecule has 2 bridgehead atoms. The van der Waals surface area contributed by atoms with E-state index in [1.165, 1.54) is 28.3 Å². The number of carbonyl (C=O) groups is 1. The minimum atomic E-state index is -4.35. The van der Waals surface area contributed by atoms with Crippen molar-refractivity contribution in [2.24, 2.45) is 9.98 Å². The first-order valence-corrected chi connectivity index (χ1v) is 18.2. The molecular weight excluding hydrogens is 669 g/mol. The van der Waals surface area contributed by atoms with Crippen molar-refractivity contribution in [1.82, 2.24) is 29.8 Å². The Hall–Kier alpha value is -2.49. The van der Waals surface area contributed by atoms with Crippen LogP contribution >= 0.6 is 25.8 Å². The molecule has 19 nitrogen and oxygen atoms in total. The summed E-state index contributed by atoms with van der Waals surface area (Å²) in [5, 5.41) is 14.2. The maximum Gasteiger partial charge on any atom is 0.386 e. The number of anilines is 1. The Morgan fingerprint density at radius 1 is 1.20 bits per heavy atom. The fourth-order valence-electron chi connectivity index (χ4n) is 5.37. The van der Waals surface area contributed by atoms with Gasteiger partial charge in [0.25, 0.3) is 5.91 Å². The zero-order valence-electron chi connectivity index (χ0n) is 22.0. The first-order valence-electron chi connectivity index (χ1n) is 12.9. The van der Waals surface area contributed by atoms with Crippen LogP contribution in [0, 0.1) is 5.41 Å². The average molecular weight is 693 g/mol. The standard InChI is InChI=1S/C20H23FN10O9P2S2/c21-12-11-4-36-41(33,43)39-9-1-8(7-2-27-31-15(7)24-5-25-20(31)23)37-10(9)3-35-42(34,44)40-14(12)18(38-11)30-6-26-13-16(30)28-19(22)29-17(13)32/h2,5-6,8-14,18H,1,3-4H2,(H,33,43)(H,34,44)(H2,22,29,32)(H2,23,24,25)/t8-,9+,10-,11-,12-,13?,14-,18-,41?,42?/m1/s1. The predicted molar refractivity (Wildman–Crippen MR) is 153 cm³/mol. The number of fused-ring (bicyclic) bond motifs is 5. The second-order valence-electron chi connectivity index (χ2n) is 10.1. The highest BCUT2D eigenvalue weighted by atomic mass is 32.7. The molecule has 2 aromatic heterocycles. The van der Waals surface area contributed by atoms with Crippen LogP contribution in [0.5, 0.6) is 0 Å². The van der Waals surface area contributed by atoms with Crippen molar-refractivity contribution in [3.63, 3.8) is 0 Å². The molecule has 0 spiro atoms. The van der Waals surface area contributed by atoms with Gasteiger partial charge in [-0.25, -0.2) is 18.9 Å². The number of hydrogen-bond donors (Lipinski definition) is 5. The van der Waals surface area contributed by atoms with Crippen molar-refractivity contribution in [1.29, 1.82) is 5.41 Å². The number of aromatic nitrogens is 4. The Balaban J connectivity index is 1.16. The molecule has 1 amide bonds. The van der Waals surface area contributed by atoms with E-state index in [4.69, 9.17) is 50.5 Å². The van der Waals surface area contributed by atoms with Gasteiger partial charge < -0.3 is 29.1 Å². The third-order valence-corrected chi connectivity index (χ3v) is 10.5. The van der Waals surface area contributed by atoms with Crippen LogP contribution in [0.1, 0.15) is 18.1 Å². The van der Waals surface area contributed by atoms with Gasteiger partial charge in [-0.1, -0.05) is 12.2 Å². The number of aliphatic imine (C=N–C) groups is 2. The minimum Gasteiger partial charge on any atom is -0.368 e.